The summed E-state index contributed by atoms with van der Waals surface area (Å²) < 4.78 is 5.32. The number of aromatic carboxylic acids is 1. The van der Waals surface area contributed by atoms with E-state index in [4.69, 9.17) is 4.42 Å². The van der Waals surface area contributed by atoms with Gasteiger partial charge in [0.2, 0.25) is 0 Å². The van der Waals surface area contributed by atoms with Crippen molar-refractivity contribution >= 4 is 12.0 Å². The number of carboxylic acids is 1. The van der Waals surface area contributed by atoms with Gasteiger partial charge in [0.15, 0.2) is 12.1 Å². The topological polar surface area (TPSA) is 86.9 Å². The molecule has 0 spiro atoms. The van der Waals surface area contributed by atoms with E-state index in [9.17, 15) is 14.7 Å². The van der Waals surface area contributed by atoms with Gasteiger partial charge in [-0.15, -0.1) is 0 Å². The van der Waals surface area contributed by atoms with Gasteiger partial charge >= 0.3 is 12.0 Å². The highest BCUT2D eigenvalue weighted by Gasteiger charge is 2.39. The molecule has 3 aliphatic rings. The maximum atomic E-state index is 12.8. The van der Waals surface area contributed by atoms with Crippen molar-refractivity contribution in [2.75, 3.05) is 26.2 Å². The predicted molar refractivity (Wildman–Crippen MR) is 89.4 cm³/mol. The quantitative estimate of drug-likeness (QED) is 0.889. The first-order valence-electron chi connectivity index (χ1n) is 9.34. The Hall–Kier alpha value is -2.05. The molecule has 1 N–H and O–H groups in total. The number of urea groups is 1. The third-order valence-corrected chi connectivity index (χ3v) is 6.18. The van der Waals surface area contributed by atoms with Crippen molar-refractivity contribution in [3.05, 3.63) is 17.8 Å². The minimum Gasteiger partial charge on any atom is -0.476 e. The van der Waals surface area contributed by atoms with Crippen molar-refractivity contribution in [1.29, 1.82) is 0 Å². The minimum absolute atomic E-state index is 0.00777. The third kappa shape index (κ3) is 3.12. The fraction of sp³-hybridized carbons (Fsp3) is 0.722. The summed E-state index contributed by atoms with van der Waals surface area (Å²) in [6, 6.07) is 0.156. The third-order valence-electron chi connectivity index (χ3n) is 6.18. The maximum Gasteiger partial charge on any atom is 0.358 e. The van der Waals surface area contributed by atoms with Gasteiger partial charge in [-0.1, -0.05) is 12.8 Å². The number of nitrogens with zero attached hydrogens (tertiary/aromatic N) is 3. The molecule has 2 amide bonds. The fourth-order valence-corrected chi connectivity index (χ4v) is 4.80. The summed E-state index contributed by atoms with van der Waals surface area (Å²) >= 11 is 0. The van der Waals surface area contributed by atoms with E-state index in [0.717, 1.165) is 25.9 Å². The second-order valence-corrected chi connectivity index (χ2v) is 7.62. The molecule has 3 fully saturated rings. The van der Waals surface area contributed by atoms with Crippen LogP contribution < -0.4 is 0 Å². The van der Waals surface area contributed by atoms with Crippen molar-refractivity contribution in [3.8, 4) is 0 Å². The highest BCUT2D eigenvalue weighted by atomic mass is 16.4. The lowest BCUT2D eigenvalue weighted by Crippen LogP contribution is -2.45. The van der Waals surface area contributed by atoms with Crippen LogP contribution in [-0.2, 0) is 0 Å². The van der Waals surface area contributed by atoms with Crippen LogP contribution in [0.5, 0.6) is 0 Å². The molecule has 0 aromatic carbocycles. The lowest BCUT2D eigenvalue weighted by atomic mass is 9.82. The Balaban J connectivity index is 1.35. The zero-order valence-electron chi connectivity index (χ0n) is 14.4. The number of aromatic nitrogens is 1. The van der Waals surface area contributed by atoms with Crippen LogP contribution in [0, 0.1) is 11.8 Å². The van der Waals surface area contributed by atoms with Crippen LogP contribution in [0.3, 0.4) is 0 Å². The molecule has 3 heterocycles. The Morgan fingerprint density at radius 1 is 1.04 bits per heavy atom. The van der Waals surface area contributed by atoms with Gasteiger partial charge in [-0.05, 0) is 37.5 Å². The van der Waals surface area contributed by atoms with Crippen LogP contribution in [0.15, 0.2) is 10.8 Å². The van der Waals surface area contributed by atoms with Crippen molar-refractivity contribution in [2.24, 2.45) is 11.8 Å². The van der Waals surface area contributed by atoms with Gasteiger partial charge < -0.3 is 19.3 Å². The Labute approximate surface area is 147 Å². The Morgan fingerprint density at radius 3 is 2.28 bits per heavy atom. The summed E-state index contributed by atoms with van der Waals surface area (Å²) in [6.45, 7) is 3.12. The molecule has 136 valence electrons. The summed E-state index contributed by atoms with van der Waals surface area (Å²) in [5.41, 5.74) is 0.00777. The fourth-order valence-electron chi connectivity index (χ4n) is 4.80. The van der Waals surface area contributed by atoms with E-state index >= 15 is 0 Å². The number of amides is 2. The summed E-state index contributed by atoms with van der Waals surface area (Å²) in [5, 5.41) is 9.18. The molecule has 1 aromatic rings. The minimum atomic E-state index is -1.05. The number of piperidine rings is 1. The Kier molecular flexibility index (Phi) is 4.39. The normalized spacial score (nSPS) is 27.4. The van der Waals surface area contributed by atoms with E-state index in [1.54, 1.807) is 0 Å². The van der Waals surface area contributed by atoms with Crippen LogP contribution in [0.2, 0.25) is 0 Å². The highest BCUT2D eigenvalue weighted by Crippen LogP contribution is 2.37. The summed E-state index contributed by atoms with van der Waals surface area (Å²) in [6.07, 6.45) is 7.78. The molecule has 4 rings (SSSR count). The summed E-state index contributed by atoms with van der Waals surface area (Å²) in [5.74, 6) is 0.817. The first-order valence-corrected chi connectivity index (χ1v) is 9.34. The van der Waals surface area contributed by atoms with Gasteiger partial charge in [0, 0.05) is 32.1 Å². The van der Waals surface area contributed by atoms with E-state index in [1.165, 1.54) is 32.1 Å². The highest BCUT2D eigenvalue weighted by molar-refractivity contribution is 5.86. The number of fused-ring (bicyclic) bond motifs is 1. The molecule has 0 radical (unpaired) electrons. The SMILES string of the molecule is O=C(O)c1ncoc1C1CCN(C(=O)N2C[C@H]3CCCC[C@H]3C2)CC1. The van der Waals surface area contributed by atoms with Crippen LogP contribution in [-0.4, -0.2) is 58.1 Å². The molecular formula is C18H25N3O4. The molecule has 1 saturated carbocycles. The zero-order chi connectivity index (χ0) is 17.4. The van der Waals surface area contributed by atoms with Gasteiger partial charge in [0.1, 0.15) is 5.76 Å². The van der Waals surface area contributed by atoms with Crippen molar-refractivity contribution in [1.82, 2.24) is 14.8 Å². The standard InChI is InChI=1S/C18H25N3O4/c22-17(23)15-16(25-11-19-15)12-5-7-20(8-6-12)18(24)21-9-13-3-1-2-4-14(13)10-21/h11-14H,1-10H2,(H,22,23)/t13-,14+. The molecule has 7 nitrogen and oxygen atoms in total. The van der Waals surface area contributed by atoms with Gasteiger partial charge in [-0.3, -0.25) is 0 Å². The van der Waals surface area contributed by atoms with Crippen molar-refractivity contribution in [3.63, 3.8) is 0 Å². The number of oxazole rings is 1. The lowest BCUT2D eigenvalue weighted by molar-refractivity contribution is 0.0686. The zero-order valence-corrected chi connectivity index (χ0v) is 14.4. The molecular weight excluding hydrogens is 322 g/mol. The van der Waals surface area contributed by atoms with Crippen molar-refractivity contribution in [2.45, 2.75) is 44.4 Å². The van der Waals surface area contributed by atoms with E-state index in [2.05, 4.69) is 4.98 Å². The Morgan fingerprint density at radius 2 is 1.68 bits per heavy atom. The number of carbonyl (C=O) groups is 2. The average molecular weight is 347 g/mol. The molecule has 1 aliphatic carbocycles. The maximum absolute atomic E-state index is 12.8. The van der Waals surface area contributed by atoms with Gasteiger partial charge in [0.25, 0.3) is 0 Å². The second kappa shape index (κ2) is 6.69. The molecule has 25 heavy (non-hydrogen) atoms. The molecule has 2 saturated heterocycles. The smallest absolute Gasteiger partial charge is 0.358 e. The largest absolute Gasteiger partial charge is 0.476 e. The molecule has 1 aromatic heterocycles. The van der Waals surface area contributed by atoms with Crippen molar-refractivity contribution < 1.29 is 19.1 Å². The molecule has 0 unspecified atom stereocenters. The lowest BCUT2D eigenvalue weighted by Gasteiger charge is -2.34. The monoisotopic (exact) mass is 347 g/mol. The predicted octanol–water partition coefficient (Wildman–Crippen LogP) is 2.79. The Bertz CT molecular complexity index is 637. The first-order chi connectivity index (χ1) is 12.1. The van der Waals surface area contributed by atoms with Crippen LogP contribution >= 0.6 is 0 Å². The number of rotatable bonds is 2. The molecule has 0 bridgehead atoms. The molecule has 7 heteroatoms. The number of carbonyl (C=O) groups excluding carboxylic acids is 1. The average Bonchev–Trinajstić information content (AvgIpc) is 3.28. The van der Waals surface area contributed by atoms with Crippen LogP contribution in [0.1, 0.15) is 60.7 Å². The second-order valence-electron chi connectivity index (χ2n) is 7.62. The number of likely N-dealkylation sites (tertiary alicyclic amines) is 2. The number of hydrogen-bond acceptors (Lipinski definition) is 4. The summed E-state index contributed by atoms with van der Waals surface area (Å²) in [4.78, 5) is 31.8. The van der Waals surface area contributed by atoms with Gasteiger partial charge in [-0.25, -0.2) is 14.6 Å². The first kappa shape index (κ1) is 16.4. The van der Waals surface area contributed by atoms with Crippen LogP contribution in [0.25, 0.3) is 0 Å². The molecule has 2 aliphatic heterocycles. The van der Waals surface area contributed by atoms with E-state index in [0.29, 0.717) is 30.7 Å². The van der Waals surface area contributed by atoms with E-state index in [-0.39, 0.29) is 17.6 Å². The number of hydrogen-bond donors (Lipinski definition) is 1. The van der Waals surface area contributed by atoms with E-state index in [1.807, 2.05) is 9.80 Å². The van der Waals surface area contributed by atoms with Gasteiger partial charge in [0.05, 0.1) is 0 Å². The van der Waals surface area contributed by atoms with Crippen LogP contribution in [0.4, 0.5) is 4.79 Å². The molecule has 2 atom stereocenters. The van der Waals surface area contributed by atoms with Gasteiger partial charge in [-0.2, -0.15) is 0 Å². The summed E-state index contributed by atoms with van der Waals surface area (Å²) in [7, 11) is 0. The number of carboxylic acid groups (broad SMARTS) is 1. The van der Waals surface area contributed by atoms with E-state index < -0.39 is 5.97 Å².